The van der Waals surface area contributed by atoms with Gasteiger partial charge >= 0.3 is 0 Å². The maximum Gasteiger partial charge on any atom is 0.222 e. The first-order chi connectivity index (χ1) is 9.20. The van der Waals surface area contributed by atoms with Crippen molar-refractivity contribution in [2.75, 3.05) is 6.61 Å². The molecule has 0 bridgehead atoms. The van der Waals surface area contributed by atoms with Crippen LogP contribution in [0.4, 0.5) is 0 Å². The molecule has 0 amide bonds. The van der Waals surface area contributed by atoms with Gasteiger partial charge in [-0.3, -0.25) is 0 Å². The van der Waals surface area contributed by atoms with Crippen LogP contribution >= 0.6 is 0 Å². The van der Waals surface area contributed by atoms with Gasteiger partial charge in [0.2, 0.25) is 5.79 Å². The monoisotopic (exact) mass is 268 g/mol. The van der Waals surface area contributed by atoms with Gasteiger partial charge in [-0.05, 0) is 25.8 Å². The van der Waals surface area contributed by atoms with Crippen molar-refractivity contribution in [3.8, 4) is 0 Å². The topological polar surface area (TPSA) is 38.7 Å². The molecule has 0 saturated heterocycles. The van der Waals surface area contributed by atoms with Crippen LogP contribution in [-0.4, -0.2) is 17.5 Å². The minimum absolute atomic E-state index is 0.435. The molecule has 0 aromatic heterocycles. The number of hydrogen-bond acceptors (Lipinski definition) is 3. The van der Waals surface area contributed by atoms with Crippen LogP contribution < -0.4 is 0 Å². The first-order valence-electron chi connectivity index (χ1n) is 7.61. The molecule has 0 aromatic rings. The highest BCUT2D eigenvalue weighted by molar-refractivity contribution is 5.25. The maximum atomic E-state index is 10.0. The largest absolute Gasteiger partial charge is 0.360 e. The van der Waals surface area contributed by atoms with Gasteiger partial charge in [0.05, 0.1) is 6.61 Å². The predicted molar refractivity (Wildman–Crippen MR) is 77.5 cm³/mol. The fraction of sp³-hybridized carbons (Fsp3) is 0.750. The SMILES string of the molecule is CCCCCCCCC1=CC[C@@](O)(OOCC)C=C1. The summed E-state index contributed by atoms with van der Waals surface area (Å²) in [4.78, 5) is 9.78. The Morgan fingerprint density at radius 1 is 1.16 bits per heavy atom. The average molecular weight is 268 g/mol. The van der Waals surface area contributed by atoms with Crippen molar-refractivity contribution in [2.24, 2.45) is 0 Å². The van der Waals surface area contributed by atoms with Gasteiger partial charge in [-0.15, -0.1) is 0 Å². The van der Waals surface area contributed by atoms with Crippen LogP contribution in [0, 0.1) is 0 Å². The lowest BCUT2D eigenvalue weighted by atomic mass is 9.97. The predicted octanol–water partition coefficient (Wildman–Crippen LogP) is 4.28. The van der Waals surface area contributed by atoms with E-state index < -0.39 is 5.79 Å². The van der Waals surface area contributed by atoms with Gasteiger partial charge in [0, 0.05) is 6.42 Å². The summed E-state index contributed by atoms with van der Waals surface area (Å²) in [5, 5.41) is 10.0. The third-order valence-corrected chi connectivity index (χ3v) is 3.35. The van der Waals surface area contributed by atoms with Gasteiger partial charge in [0.15, 0.2) is 0 Å². The first kappa shape index (κ1) is 16.4. The van der Waals surface area contributed by atoms with Crippen LogP contribution in [0.25, 0.3) is 0 Å². The molecule has 1 atom stereocenters. The molecule has 3 nitrogen and oxygen atoms in total. The lowest BCUT2D eigenvalue weighted by Gasteiger charge is -2.24. The molecule has 110 valence electrons. The number of unbranched alkanes of at least 4 members (excludes halogenated alkanes) is 5. The third-order valence-electron chi connectivity index (χ3n) is 3.35. The van der Waals surface area contributed by atoms with Crippen molar-refractivity contribution >= 4 is 0 Å². The Balaban J connectivity index is 2.15. The number of hydrogen-bond donors (Lipinski definition) is 1. The van der Waals surface area contributed by atoms with Gasteiger partial charge in [0.1, 0.15) is 0 Å². The fourth-order valence-electron chi connectivity index (χ4n) is 2.17. The van der Waals surface area contributed by atoms with E-state index >= 15 is 0 Å². The van der Waals surface area contributed by atoms with E-state index in [-0.39, 0.29) is 0 Å². The molecule has 19 heavy (non-hydrogen) atoms. The Labute approximate surface area is 117 Å². The maximum absolute atomic E-state index is 10.0. The van der Waals surface area contributed by atoms with Gasteiger partial charge in [-0.2, -0.15) is 4.89 Å². The van der Waals surface area contributed by atoms with Crippen LogP contribution in [0.15, 0.2) is 23.8 Å². The molecule has 1 aliphatic rings. The molecule has 0 spiro atoms. The van der Waals surface area contributed by atoms with E-state index in [4.69, 9.17) is 9.78 Å². The van der Waals surface area contributed by atoms with E-state index in [2.05, 4.69) is 6.92 Å². The van der Waals surface area contributed by atoms with Gasteiger partial charge < -0.3 is 5.11 Å². The molecule has 1 N–H and O–H groups in total. The molecule has 0 radical (unpaired) electrons. The summed E-state index contributed by atoms with van der Waals surface area (Å²) in [6.45, 7) is 4.50. The third kappa shape index (κ3) is 6.90. The molecule has 0 saturated carbocycles. The standard InChI is InChI=1S/C16H28O3/c1-3-5-6-7-8-9-10-15-11-13-16(17,14-12-15)19-18-4-2/h11-13,17H,3-10,14H2,1-2H3/t16-/m0/s1. The van der Waals surface area contributed by atoms with Crippen LogP contribution in [0.2, 0.25) is 0 Å². The second-order valence-electron chi connectivity index (χ2n) is 5.17. The highest BCUT2D eigenvalue weighted by atomic mass is 17.2. The first-order valence-corrected chi connectivity index (χ1v) is 7.61. The lowest BCUT2D eigenvalue weighted by Crippen LogP contribution is -2.30. The molecule has 0 fully saturated rings. The van der Waals surface area contributed by atoms with Crippen molar-refractivity contribution < 1.29 is 14.9 Å². The highest BCUT2D eigenvalue weighted by Gasteiger charge is 2.27. The van der Waals surface area contributed by atoms with Crippen LogP contribution in [0.5, 0.6) is 0 Å². The smallest absolute Gasteiger partial charge is 0.222 e. The zero-order chi connectivity index (χ0) is 14.0. The van der Waals surface area contributed by atoms with Gasteiger partial charge in [0.25, 0.3) is 0 Å². The normalized spacial score (nSPS) is 22.6. The van der Waals surface area contributed by atoms with Crippen molar-refractivity contribution in [2.45, 2.75) is 71.0 Å². The van der Waals surface area contributed by atoms with Crippen LogP contribution in [-0.2, 0) is 9.78 Å². The van der Waals surface area contributed by atoms with Crippen LogP contribution in [0.3, 0.4) is 0 Å². The molecule has 0 unspecified atom stereocenters. The second-order valence-corrected chi connectivity index (χ2v) is 5.17. The number of aliphatic hydroxyl groups is 1. The molecular weight excluding hydrogens is 240 g/mol. The zero-order valence-electron chi connectivity index (χ0n) is 12.4. The van der Waals surface area contributed by atoms with E-state index in [9.17, 15) is 5.11 Å². The van der Waals surface area contributed by atoms with Crippen LogP contribution in [0.1, 0.15) is 65.2 Å². The van der Waals surface area contributed by atoms with Crippen molar-refractivity contribution in [1.29, 1.82) is 0 Å². The summed E-state index contributed by atoms with van der Waals surface area (Å²) in [6.07, 6.45) is 15.1. The highest BCUT2D eigenvalue weighted by Crippen LogP contribution is 2.25. The summed E-state index contributed by atoms with van der Waals surface area (Å²) in [5.41, 5.74) is 1.29. The quantitative estimate of drug-likeness (QED) is 0.278. The molecule has 0 aromatic carbocycles. The van der Waals surface area contributed by atoms with E-state index in [1.807, 2.05) is 19.1 Å². The molecule has 1 rings (SSSR count). The summed E-state index contributed by atoms with van der Waals surface area (Å²) in [7, 11) is 0. The van der Waals surface area contributed by atoms with E-state index in [1.54, 1.807) is 6.08 Å². The second kappa shape index (κ2) is 9.29. The van der Waals surface area contributed by atoms with E-state index in [0.29, 0.717) is 13.0 Å². The number of allylic oxidation sites excluding steroid dienone is 2. The van der Waals surface area contributed by atoms with Gasteiger partial charge in [-0.1, -0.05) is 56.8 Å². The summed E-state index contributed by atoms with van der Waals surface area (Å²) >= 11 is 0. The van der Waals surface area contributed by atoms with Crippen molar-refractivity contribution in [3.63, 3.8) is 0 Å². The summed E-state index contributed by atoms with van der Waals surface area (Å²) in [6, 6.07) is 0. The average Bonchev–Trinajstić information content (AvgIpc) is 2.43. The minimum Gasteiger partial charge on any atom is -0.360 e. The lowest BCUT2D eigenvalue weighted by molar-refractivity contribution is -0.399. The van der Waals surface area contributed by atoms with E-state index in [0.717, 1.165) is 6.42 Å². The zero-order valence-corrected chi connectivity index (χ0v) is 12.4. The number of rotatable bonds is 10. The molecule has 3 heteroatoms. The Morgan fingerprint density at radius 3 is 2.53 bits per heavy atom. The molecular formula is C16H28O3. The molecule has 0 heterocycles. The van der Waals surface area contributed by atoms with Crippen molar-refractivity contribution in [3.05, 3.63) is 23.8 Å². The fourth-order valence-corrected chi connectivity index (χ4v) is 2.17. The molecule has 1 aliphatic carbocycles. The Bertz CT molecular complexity index is 296. The van der Waals surface area contributed by atoms with Crippen molar-refractivity contribution in [1.82, 2.24) is 0 Å². The summed E-state index contributed by atoms with van der Waals surface area (Å²) in [5.74, 6) is -1.28. The Kier molecular flexibility index (Phi) is 8.03. The van der Waals surface area contributed by atoms with E-state index in [1.165, 1.54) is 44.1 Å². The Morgan fingerprint density at radius 2 is 1.89 bits per heavy atom. The van der Waals surface area contributed by atoms with Gasteiger partial charge in [-0.25, -0.2) is 4.89 Å². The Hall–Kier alpha value is -0.640. The summed E-state index contributed by atoms with van der Waals surface area (Å²) < 4.78 is 0. The molecule has 0 aliphatic heterocycles. The minimum atomic E-state index is -1.28.